The third-order valence-corrected chi connectivity index (χ3v) is 7.39. The molecule has 0 aliphatic heterocycles. The van der Waals surface area contributed by atoms with Crippen LogP contribution in [0.5, 0.6) is 0 Å². The van der Waals surface area contributed by atoms with E-state index in [0.29, 0.717) is 12.0 Å². The molecule has 0 bridgehead atoms. The van der Waals surface area contributed by atoms with Gasteiger partial charge in [0.15, 0.2) is 0 Å². The van der Waals surface area contributed by atoms with E-state index in [9.17, 15) is 0 Å². The molecular formula is C33H39FN2. The van der Waals surface area contributed by atoms with E-state index in [1.807, 2.05) is 25.3 Å². The largest absolute Gasteiger partial charge is 0.292 e. The van der Waals surface area contributed by atoms with Gasteiger partial charge in [-0.25, -0.2) is 9.37 Å². The summed E-state index contributed by atoms with van der Waals surface area (Å²) in [6.07, 6.45) is 5.01. The van der Waals surface area contributed by atoms with Crippen LogP contribution < -0.4 is 0 Å². The first kappa shape index (κ1) is 25.9. The maximum Gasteiger partial charge on any atom is 0.146 e. The van der Waals surface area contributed by atoms with Crippen LogP contribution in [0.4, 0.5) is 4.39 Å². The molecule has 2 nitrogen and oxygen atoms in total. The predicted molar refractivity (Wildman–Crippen MR) is 154 cm³/mol. The number of fused-ring (bicyclic) bond motifs is 6. The van der Waals surface area contributed by atoms with Gasteiger partial charge in [0.1, 0.15) is 11.3 Å². The minimum atomic E-state index is -1.43. The van der Waals surface area contributed by atoms with Gasteiger partial charge in [-0.15, -0.1) is 0 Å². The molecule has 0 radical (unpaired) electrons. The number of pyridine rings is 1. The molecule has 3 aromatic carbocycles. The van der Waals surface area contributed by atoms with E-state index >= 15 is 4.39 Å². The second-order valence-corrected chi connectivity index (χ2v) is 10.4. The summed E-state index contributed by atoms with van der Waals surface area (Å²) in [5.74, 6) is 0. The molecule has 1 atom stereocenters. The van der Waals surface area contributed by atoms with Gasteiger partial charge in [0.2, 0.25) is 0 Å². The predicted octanol–water partition coefficient (Wildman–Crippen LogP) is 9.94. The second-order valence-electron chi connectivity index (χ2n) is 10.4. The van der Waals surface area contributed by atoms with Crippen molar-refractivity contribution < 1.29 is 4.39 Å². The molecule has 2 heterocycles. The summed E-state index contributed by atoms with van der Waals surface area (Å²) in [4.78, 5) is 4.91. The molecule has 0 saturated carbocycles. The maximum atomic E-state index is 15.7. The minimum Gasteiger partial charge on any atom is -0.292 e. The molecule has 0 saturated heterocycles. The van der Waals surface area contributed by atoms with Gasteiger partial charge in [-0.1, -0.05) is 81.6 Å². The van der Waals surface area contributed by atoms with Gasteiger partial charge in [0.25, 0.3) is 0 Å². The summed E-state index contributed by atoms with van der Waals surface area (Å²) < 4.78 is 18.0. The molecule has 36 heavy (non-hydrogen) atoms. The van der Waals surface area contributed by atoms with E-state index in [-0.39, 0.29) is 0 Å². The van der Waals surface area contributed by atoms with E-state index in [0.717, 1.165) is 33.0 Å². The summed E-state index contributed by atoms with van der Waals surface area (Å²) in [6.45, 7) is 16.5. The van der Waals surface area contributed by atoms with E-state index in [1.165, 1.54) is 40.7 Å². The van der Waals surface area contributed by atoms with Crippen LogP contribution in [-0.2, 0) is 5.67 Å². The van der Waals surface area contributed by atoms with Crippen LogP contribution in [0.2, 0.25) is 0 Å². The van der Waals surface area contributed by atoms with Crippen LogP contribution in [0.15, 0.2) is 54.7 Å². The number of halogens is 1. The smallest absolute Gasteiger partial charge is 0.146 e. The third-order valence-electron chi connectivity index (χ3n) is 7.39. The molecule has 0 aliphatic carbocycles. The summed E-state index contributed by atoms with van der Waals surface area (Å²) in [6, 6.07) is 16.9. The number of aryl methyl sites for hydroxylation is 4. The second kappa shape index (κ2) is 10.0. The Kier molecular flexibility index (Phi) is 7.22. The lowest BCUT2D eigenvalue weighted by Gasteiger charge is -2.22. The Morgan fingerprint density at radius 3 is 2.11 bits per heavy atom. The zero-order chi connectivity index (χ0) is 26.2. The molecule has 5 rings (SSSR count). The standard InChI is InChI=1S/C29H29FN2.C4H10/c1-7-29(6,30)23-10-8-9-22-21-12-11-17(2)15-24(21)32-25(16-31-28(32)27(22)23)26-19(4)13-18(3)14-20(26)5;1-3-4-2/h8-16H,7H2,1-6H3;3-4H2,1-2H3. The van der Waals surface area contributed by atoms with Gasteiger partial charge in [0.05, 0.1) is 17.4 Å². The monoisotopic (exact) mass is 482 g/mol. The van der Waals surface area contributed by atoms with Crippen LogP contribution in [0.3, 0.4) is 0 Å². The molecule has 1 unspecified atom stereocenters. The van der Waals surface area contributed by atoms with Crippen molar-refractivity contribution in [3.63, 3.8) is 0 Å². The lowest BCUT2D eigenvalue weighted by Crippen LogP contribution is -2.14. The average molecular weight is 483 g/mol. The van der Waals surface area contributed by atoms with Crippen molar-refractivity contribution in [2.24, 2.45) is 0 Å². The van der Waals surface area contributed by atoms with Gasteiger partial charge < -0.3 is 0 Å². The van der Waals surface area contributed by atoms with Gasteiger partial charge in [-0.2, -0.15) is 0 Å². The van der Waals surface area contributed by atoms with Crippen molar-refractivity contribution in [2.45, 2.75) is 80.3 Å². The highest BCUT2D eigenvalue weighted by molar-refractivity contribution is 6.14. The number of unbranched alkanes of at least 4 members (excludes halogenated alkanes) is 1. The fourth-order valence-electron chi connectivity index (χ4n) is 5.23. The summed E-state index contributed by atoms with van der Waals surface area (Å²) in [7, 11) is 0. The molecule has 0 amide bonds. The SMILES string of the molecule is CCC(C)(F)c1cccc2c3ccc(C)cc3n3c(-c4c(C)cc(C)cc4C)cnc3c12.CCCC. The maximum absolute atomic E-state index is 15.7. The first-order valence-electron chi connectivity index (χ1n) is 13.2. The fraction of sp³-hybridized carbons (Fsp3) is 0.364. The normalized spacial score (nSPS) is 13.1. The highest BCUT2D eigenvalue weighted by Crippen LogP contribution is 2.41. The molecule has 2 aromatic heterocycles. The van der Waals surface area contributed by atoms with E-state index in [2.05, 4.69) is 82.3 Å². The molecule has 0 N–H and O–H groups in total. The van der Waals surface area contributed by atoms with Gasteiger partial charge in [-0.05, 0) is 69.2 Å². The van der Waals surface area contributed by atoms with Crippen molar-refractivity contribution in [3.8, 4) is 11.3 Å². The van der Waals surface area contributed by atoms with Crippen molar-refractivity contribution in [1.82, 2.24) is 9.38 Å². The Bertz CT molecular complexity index is 1530. The van der Waals surface area contributed by atoms with E-state index in [1.54, 1.807) is 6.92 Å². The quantitative estimate of drug-likeness (QED) is 0.233. The number of aromatic nitrogens is 2. The van der Waals surface area contributed by atoms with E-state index < -0.39 is 5.67 Å². The van der Waals surface area contributed by atoms with Crippen LogP contribution in [0.1, 0.15) is 74.8 Å². The van der Waals surface area contributed by atoms with Crippen LogP contribution >= 0.6 is 0 Å². The number of nitrogens with zero attached hydrogens (tertiary/aromatic N) is 2. The zero-order valence-corrected chi connectivity index (χ0v) is 23.1. The number of hydrogen-bond acceptors (Lipinski definition) is 1. The van der Waals surface area contributed by atoms with Gasteiger partial charge in [-0.3, -0.25) is 4.40 Å². The van der Waals surface area contributed by atoms with E-state index in [4.69, 9.17) is 4.98 Å². The fourth-order valence-corrected chi connectivity index (χ4v) is 5.23. The lowest BCUT2D eigenvalue weighted by atomic mass is 9.89. The Morgan fingerprint density at radius 2 is 1.50 bits per heavy atom. The Hall–Kier alpha value is -3.20. The highest BCUT2D eigenvalue weighted by atomic mass is 19.1. The molecular weight excluding hydrogens is 443 g/mol. The number of benzene rings is 3. The first-order valence-corrected chi connectivity index (χ1v) is 13.2. The summed E-state index contributed by atoms with van der Waals surface area (Å²) in [5.41, 5.74) is 8.34. The molecule has 0 fully saturated rings. The average Bonchev–Trinajstić information content (AvgIpc) is 3.28. The number of alkyl halides is 1. The van der Waals surface area contributed by atoms with Crippen molar-refractivity contribution in [1.29, 1.82) is 0 Å². The first-order chi connectivity index (χ1) is 17.1. The summed E-state index contributed by atoms with van der Waals surface area (Å²) in [5, 5.41) is 3.08. The Morgan fingerprint density at radius 1 is 0.833 bits per heavy atom. The molecule has 0 aliphatic rings. The van der Waals surface area contributed by atoms with Crippen LogP contribution in [-0.4, -0.2) is 9.38 Å². The summed E-state index contributed by atoms with van der Waals surface area (Å²) >= 11 is 0. The third kappa shape index (κ3) is 4.40. The number of hydrogen-bond donors (Lipinski definition) is 0. The molecule has 0 spiro atoms. The number of rotatable bonds is 4. The topological polar surface area (TPSA) is 17.3 Å². The van der Waals surface area contributed by atoms with Crippen molar-refractivity contribution in [2.75, 3.05) is 0 Å². The zero-order valence-electron chi connectivity index (χ0n) is 23.1. The van der Waals surface area contributed by atoms with Crippen molar-refractivity contribution >= 4 is 27.3 Å². The minimum absolute atomic E-state index is 0.411. The van der Waals surface area contributed by atoms with Crippen LogP contribution in [0, 0.1) is 27.7 Å². The highest BCUT2D eigenvalue weighted by Gasteiger charge is 2.28. The van der Waals surface area contributed by atoms with Gasteiger partial charge >= 0.3 is 0 Å². The van der Waals surface area contributed by atoms with Crippen LogP contribution in [0.25, 0.3) is 38.6 Å². The Labute approximate surface area is 215 Å². The Balaban J connectivity index is 0.000000709. The number of imidazole rings is 1. The molecule has 5 aromatic rings. The lowest BCUT2D eigenvalue weighted by molar-refractivity contribution is 0.187. The molecule has 3 heteroatoms. The molecule has 188 valence electrons. The van der Waals surface area contributed by atoms with Gasteiger partial charge in [0, 0.05) is 21.9 Å². The van der Waals surface area contributed by atoms with Crippen molar-refractivity contribution in [3.05, 3.63) is 82.5 Å².